The molecule has 0 aliphatic carbocycles. The lowest BCUT2D eigenvalue weighted by molar-refractivity contribution is 0.257. The van der Waals surface area contributed by atoms with Crippen molar-refractivity contribution in [3.05, 3.63) is 23.6 Å². The number of rotatable bonds is 1. The van der Waals surface area contributed by atoms with Gasteiger partial charge in [0.15, 0.2) is 5.76 Å². The van der Waals surface area contributed by atoms with Crippen LogP contribution in [0.2, 0.25) is 0 Å². The van der Waals surface area contributed by atoms with Crippen LogP contribution in [0.5, 0.6) is 0 Å². The molecule has 0 aromatic heterocycles. The maximum atomic E-state index is 10.8. The van der Waals surface area contributed by atoms with Gasteiger partial charge in [-0.3, -0.25) is 4.72 Å². The summed E-state index contributed by atoms with van der Waals surface area (Å²) >= 11 is 0. The van der Waals surface area contributed by atoms with Crippen molar-refractivity contribution in [2.24, 2.45) is 0 Å². The van der Waals surface area contributed by atoms with E-state index in [0.717, 1.165) is 0 Å². The third-order valence-corrected chi connectivity index (χ3v) is 2.39. The van der Waals surface area contributed by atoms with Crippen molar-refractivity contribution in [2.45, 2.75) is 6.92 Å². The summed E-state index contributed by atoms with van der Waals surface area (Å²) in [5.74, 6) is 0.0127. The van der Waals surface area contributed by atoms with Crippen molar-refractivity contribution >= 4 is 10.3 Å². The standard InChI is InChI=1S/C6H9NO4S/c1-4-5(2)7-12(9,10)11-6(4)3-8/h7-8H,2-3H2,1H3. The lowest BCUT2D eigenvalue weighted by Crippen LogP contribution is -2.31. The van der Waals surface area contributed by atoms with Crippen LogP contribution in [0.1, 0.15) is 6.92 Å². The van der Waals surface area contributed by atoms with Crippen LogP contribution in [0.4, 0.5) is 0 Å². The van der Waals surface area contributed by atoms with E-state index >= 15 is 0 Å². The SMILES string of the molecule is C=C1NS(=O)(=O)OC(CO)=C1C. The first-order valence-corrected chi connectivity index (χ1v) is 4.59. The van der Waals surface area contributed by atoms with E-state index in [2.05, 4.69) is 15.5 Å². The molecule has 0 aromatic carbocycles. The fourth-order valence-electron chi connectivity index (χ4n) is 0.756. The molecule has 0 amide bonds. The quantitative estimate of drug-likeness (QED) is 0.593. The number of hydrogen-bond donors (Lipinski definition) is 2. The molecule has 12 heavy (non-hydrogen) atoms. The predicted octanol–water partition coefficient (Wildman–Crippen LogP) is -0.369. The van der Waals surface area contributed by atoms with Crippen LogP contribution in [0, 0.1) is 0 Å². The van der Waals surface area contributed by atoms with E-state index in [1.54, 1.807) is 6.92 Å². The molecule has 5 nitrogen and oxygen atoms in total. The van der Waals surface area contributed by atoms with Crippen molar-refractivity contribution in [3.8, 4) is 0 Å². The van der Waals surface area contributed by atoms with Crippen molar-refractivity contribution < 1.29 is 17.7 Å². The maximum absolute atomic E-state index is 10.8. The predicted molar refractivity (Wildman–Crippen MR) is 42.1 cm³/mol. The number of aliphatic hydroxyl groups excluding tert-OH is 1. The summed E-state index contributed by atoms with van der Waals surface area (Å²) in [6, 6.07) is 0. The molecule has 0 fully saturated rings. The van der Waals surface area contributed by atoms with Gasteiger partial charge in [-0.2, -0.15) is 8.42 Å². The maximum Gasteiger partial charge on any atom is 0.407 e. The Bertz CT molecular complexity index is 341. The molecule has 0 aromatic rings. The second kappa shape index (κ2) is 2.80. The molecule has 0 atom stereocenters. The Morgan fingerprint density at radius 3 is 2.75 bits per heavy atom. The second-order valence-corrected chi connectivity index (χ2v) is 3.60. The van der Waals surface area contributed by atoms with Crippen LogP contribution in [-0.4, -0.2) is 20.1 Å². The fourth-order valence-corrected chi connectivity index (χ4v) is 1.70. The number of aliphatic hydroxyl groups is 1. The van der Waals surface area contributed by atoms with Gasteiger partial charge in [-0.1, -0.05) is 6.58 Å². The summed E-state index contributed by atoms with van der Waals surface area (Å²) in [6.45, 7) is 4.60. The van der Waals surface area contributed by atoms with Crippen LogP contribution < -0.4 is 4.72 Å². The average Bonchev–Trinajstić information content (AvgIpc) is 1.96. The molecule has 1 rings (SSSR count). The third-order valence-electron chi connectivity index (χ3n) is 1.47. The van der Waals surface area contributed by atoms with Crippen molar-refractivity contribution in [3.63, 3.8) is 0 Å². The van der Waals surface area contributed by atoms with Gasteiger partial charge in [0.2, 0.25) is 0 Å². The Hall–Kier alpha value is -1.01. The minimum absolute atomic E-state index is 0.0127. The van der Waals surface area contributed by atoms with E-state index in [1.165, 1.54) is 0 Å². The van der Waals surface area contributed by atoms with Gasteiger partial charge in [0, 0.05) is 5.57 Å². The molecule has 68 valence electrons. The van der Waals surface area contributed by atoms with Gasteiger partial charge in [-0.25, -0.2) is 0 Å². The molecule has 0 saturated carbocycles. The van der Waals surface area contributed by atoms with Crippen LogP contribution in [0.25, 0.3) is 0 Å². The molecule has 1 aliphatic rings. The smallest absolute Gasteiger partial charge is 0.388 e. The minimum atomic E-state index is -3.79. The highest BCUT2D eigenvalue weighted by Gasteiger charge is 2.23. The largest absolute Gasteiger partial charge is 0.407 e. The fraction of sp³-hybridized carbons (Fsp3) is 0.333. The van der Waals surface area contributed by atoms with E-state index < -0.39 is 16.9 Å². The lowest BCUT2D eigenvalue weighted by Gasteiger charge is -2.20. The summed E-state index contributed by atoms with van der Waals surface area (Å²) < 4.78 is 28.2. The number of nitrogens with one attached hydrogen (secondary N) is 1. The first-order chi connectivity index (χ1) is 5.46. The van der Waals surface area contributed by atoms with Crippen molar-refractivity contribution in [2.75, 3.05) is 6.61 Å². The summed E-state index contributed by atoms with van der Waals surface area (Å²) in [5.41, 5.74) is 0.734. The Morgan fingerprint density at radius 2 is 2.25 bits per heavy atom. The molecule has 0 unspecified atom stereocenters. The molecule has 1 aliphatic heterocycles. The van der Waals surface area contributed by atoms with E-state index in [0.29, 0.717) is 5.57 Å². The van der Waals surface area contributed by atoms with Gasteiger partial charge >= 0.3 is 10.3 Å². The van der Waals surface area contributed by atoms with E-state index in [4.69, 9.17) is 5.11 Å². The number of hydrogen-bond acceptors (Lipinski definition) is 4. The highest BCUT2D eigenvalue weighted by atomic mass is 32.2. The molecule has 0 bridgehead atoms. The first kappa shape index (κ1) is 9.08. The molecule has 0 saturated heterocycles. The van der Waals surface area contributed by atoms with E-state index in [9.17, 15) is 8.42 Å². The molecular weight excluding hydrogens is 182 g/mol. The highest BCUT2D eigenvalue weighted by Crippen LogP contribution is 2.19. The van der Waals surface area contributed by atoms with Gasteiger partial charge in [0.25, 0.3) is 0 Å². The van der Waals surface area contributed by atoms with Gasteiger partial charge in [0.05, 0.1) is 5.70 Å². The molecule has 0 radical (unpaired) electrons. The van der Waals surface area contributed by atoms with Crippen LogP contribution in [0.3, 0.4) is 0 Å². The van der Waals surface area contributed by atoms with Crippen molar-refractivity contribution in [1.29, 1.82) is 0 Å². The molecule has 0 spiro atoms. The lowest BCUT2D eigenvalue weighted by atomic mass is 10.2. The number of allylic oxidation sites excluding steroid dienone is 1. The Balaban J connectivity index is 3.12. The topological polar surface area (TPSA) is 75.6 Å². The normalized spacial score (nSPS) is 21.7. The summed E-state index contributed by atoms with van der Waals surface area (Å²) in [7, 11) is -3.79. The van der Waals surface area contributed by atoms with Crippen molar-refractivity contribution in [1.82, 2.24) is 4.72 Å². The monoisotopic (exact) mass is 191 g/mol. The third kappa shape index (κ3) is 1.59. The van der Waals surface area contributed by atoms with E-state index in [-0.39, 0.29) is 11.5 Å². The van der Waals surface area contributed by atoms with Gasteiger partial charge in [-0.05, 0) is 6.92 Å². The van der Waals surface area contributed by atoms with Crippen LogP contribution in [0.15, 0.2) is 23.6 Å². The second-order valence-electron chi connectivity index (χ2n) is 2.32. The van der Waals surface area contributed by atoms with Gasteiger partial charge in [0.1, 0.15) is 6.61 Å². The highest BCUT2D eigenvalue weighted by molar-refractivity contribution is 7.85. The summed E-state index contributed by atoms with van der Waals surface area (Å²) in [4.78, 5) is 0. The summed E-state index contributed by atoms with van der Waals surface area (Å²) in [5, 5.41) is 8.70. The zero-order valence-electron chi connectivity index (χ0n) is 6.49. The minimum Gasteiger partial charge on any atom is -0.388 e. The molecule has 1 heterocycles. The van der Waals surface area contributed by atoms with Crippen LogP contribution >= 0.6 is 0 Å². The Morgan fingerprint density at radius 1 is 1.67 bits per heavy atom. The summed E-state index contributed by atoms with van der Waals surface area (Å²) in [6.07, 6.45) is 0. The Labute approximate surface area is 70.6 Å². The average molecular weight is 191 g/mol. The molecular formula is C6H9NO4S. The van der Waals surface area contributed by atoms with Gasteiger partial charge in [-0.15, -0.1) is 0 Å². The Kier molecular flexibility index (Phi) is 2.12. The van der Waals surface area contributed by atoms with Gasteiger partial charge < -0.3 is 9.29 Å². The zero-order valence-corrected chi connectivity index (χ0v) is 7.31. The van der Waals surface area contributed by atoms with E-state index in [1.807, 2.05) is 0 Å². The first-order valence-electron chi connectivity index (χ1n) is 3.18. The zero-order chi connectivity index (χ0) is 9.35. The molecule has 2 N–H and O–H groups in total. The van der Waals surface area contributed by atoms with Crippen LogP contribution in [-0.2, 0) is 14.5 Å². The molecule has 6 heteroatoms.